The molecule has 0 aliphatic carbocycles. The standard InChI is InChI=1S/C15H15N3O/c1-11(19-2)12-5-7-13(8-6-12)14-10-16-15-4-3-9-17-18(14)15/h3-11H,1-2H3/t11-/m1/s1. The Labute approximate surface area is 111 Å². The highest BCUT2D eigenvalue weighted by Crippen LogP contribution is 2.23. The average molecular weight is 253 g/mol. The van der Waals surface area contributed by atoms with Crippen LogP contribution in [0.5, 0.6) is 0 Å². The van der Waals surface area contributed by atoms with Gasteiger partial charge in [-0.25, -0.2) is 9.50 Å². The molecule has 2 heterocycles. The lowest BCUT2D eigenvalue weighted by atomic mass is 10.1. The summed E-state index contributed by atoms with van der Waals surface area (Å²) in [7, 11) is 1.72. The third-order valence-electron chi connectivity index (χ3n) is 3.31. The third-order valence-corrected chi connectivity index (χ3v) is 3.31. The number of nitrogens with zero attached hydrogens (tertiary/aromatic N) is 3. The van der Waals surface area contributed by atoms with Gasteiger partial charge in [-0.05, 0) is 24.6 Å². The Morgan fingerprint density at radius 2 is 1.95 bits per heavy atom. The van der Waals surface area contributed by atoms with Crippen molar-refractivity contribution in [2.75, 3.05) is 7.11 Å². The smallest absolute Gasteiger partial charge is 0.154 e. The Balaban J connectivity index is 2.02. The van der Waals surface area contributed by atoms with E-state index in [9.17, 15) is 0 Å². The van der Waals surface area contributed by atoms with Crippen LogP contribution in [0.15, 0.2) is 48.8 Å². The Morgan fingerprint density at radius 3 is 2.68 bits per heavy atom. The Bertz CT molecular complexity index is 688. The fraction of sp³-hybridized carbons (Fsp3) is 0.200. The Morgan fingerprint density at radius 1 is 1.16 bits per heavy atom. The fourth-order valence-electron chi connectivity index (χ4n) is 2.09. The van der Waals surface area contributed by atoms with Gasteiger partial charge in [0.05, 0.1) is 18.0 Å². The van der Waals surface area contributed by atoms with Crippen LogP contribution < -0.4 is 0 Å². The van der Waals surface area contributed by atoms with Crippen LogP contribution in [0.4, 0.5) is 0 Å². The van der Waals surface area contributed by atoms with E-state index >= 15 is 0 Å². The van der Waals surface area contributed by atoms with Crippen LogP contribution in [0, 0.1) is 0 Å². The van der Waals surface area contributed by atoms with E-state index in [2.05, 4.69) is 34.3 Å². The van der Waals surface area contributed by atoms with Gasteiger partial charge in [0.15, 0.2) is 5.65 Å². The van der Waals surface area contributed by atoms with Gasteiger partial charge in [0.2, 0.25) is 0 Å². The number of imidazole rings is 1. The highest BCUT2D eigenvalue weighted by molar-refractivity contribution is 5.63. The summed E-state index contributed by atoms with van der Waals surface area (Å²) in [5, 5.41) is 4.32. The molecule has 1 aromatic carbocycles. The number of fused-ring (bicyclic) bond motifs is 1. The van der Waals surface area contributed by atoms with Gasteiger partial charge in [-0.3, -0.25) is 0 Å². The summed E-state index contributed by atoms with van der Waals surface area (Å²) in [5.74, 6) is 0. The average Bonchev–Trinajstić information content (AvgIpc) is 2.90. The number of benzene rings is 1. The summed E-state index contributed by atoms with van der Waals surface area (Å²) in [6.45, 7) is 2.03. The molecule has 3 rings (SSSR count). The van der Waals surface area contributed by atoms with Crippen LogP contribution >= 0.6 is 0 Å². The van der Waals surface area contributed by atoms with Crippen molar-refractivity contribution >= 4 is 5.65 Å². The van der Waals surface area contributed by atoms with E-state index in [1.165, 1.54) is 0 Å². The predicted octanol–water partition coefficient (Wildman–Crippen LogP) is 3.10. The second kappa shape index (κ2) is 4.82. The summed E-state index contributed by atoms with van der Waals surface area (Å²) in [5.41, 5.74) is 4.10. The maximum Gasteiger partial charge on any atom is 0.154 e. The van der Waals surface area contributed by atoms with Gasteiger partial charge < -0.3 is 4.74 Å². The monoisotopic (exact) mass is 253 g/mol. The molecule has 0 bridgehead atoms. The first-order valence-electron chi connectivity index (χ1n) is 6.21. The minimum Gasteiger partial charge on any atom is -0.377 e. The molecule has 0 fully saturated rings. The molecule has 96 valence electrons. The van der Waals surface area contributed by atoms with Crippen molar-refractivity contribution in [3.63, 3.8) is 0 Å². The van der Waals surface area contributed by atoms with E-state index in [0.29, 0.717) is 0 Å². The van der Waals surface area contributed by atoms with Gasteiger partial charge in [0.1, 0.15) is 0 Å². The van der Waals surface area contributed by atoms with Gasteiger partial charge >= 0.3 is 0 Å². The summed E-state index contributed by atoms with van der Waals surface area (Å²) in [4.78, 5) is 4.34. The van der Waals surface area contributed by atoms with Crippen LogP contribution in [-0.2, 0) is 4.74 Å². The molecule has 0 radical (unpaired) electrons. The van der Waals surface area contributed by atoms with E-state index in [0.717, 1.165) is 22.5 Å². The third kappa shape index (κ3) is 2.11. The van der Waals surface area contributed by atoms with Crippen LogP contribution in [0.1, 0.15) is 18.6 Å². The number of hydrogen-bond acceptors (Lipinski definition) is 3. The van der Waals surface area contributed by atoms with Crippen LogP contribution in [0.3, 0.4) is 0 Å². The van der Waals surface area contributed by atoms with Gasteiger partial charge in [0, 0.05) is 18.9 Å². The maximum atomic E-state index is 5.31. The van der Waals surface area contributed by atoms with Crippen molar-refractivity contribution in [2.24, 2.45) is 0 Å². The molecule has 19 heavy (non-hydrogen) atoms. The molecule has 3 aromatic rings. The highest BCUT2D eigenvalue weighted by Gasteiger charge is 2.08. The second-order valence-corrected chi connectivity index (χ2v) is 4.44. The first-order chi connectivity index (χ1) is 9.29. The quantitative estimate of drug-likeness (QED) is 0.720. The molecule has 4 nitrogen and oxygen atoms in total. The molecular formula is C15H15N3O. The molecule has 0 aliphatic rings. The van der Waals surface area contributed by atoms with Gasteiger partial charge in [-0.1, -0.05) is 24.3 Å². The molecule has 2 aromatic heterocycles. The zero-order valence-electron chi connectivity index (χ0n) is 10.9. The van der Waals surface area contributed by atoms with Gasteiger partial charge in [-0.15, -0.1) is 0 Å². The molecule has 4 heteroatoms. The lowest BCUT2D eigenvalue weighted by Crippen LogP contribution is -1.96. The van der Waals surface area contributed by atoms with Crippen LogP contribution in [0.2, 0.25) is 0 Å². The molecule has 0 unspecified atom stereocenters. The van der Waals surface area contributed by atoms with Crippen LogP contribution in [-0.4, -0.2) is 21.7 Å². The Kier molecular flexibility index (Phi) is 3.01. The summed E-state index contributed by atoms with van der Waals surface area (Å²) in [6.07, 6.45) is 3.71. The predicted molar refractivity (Wildman–Crippen MR) is 73.8 cm³/mol. The van der Waals surface area contributed by atoms with Crippen molar-refractivity contribution in [1.29, 1.82) is 0 Å². The summed E-state index contributed by atoms with van der Waals surface area (Å²) < 4.78 is 7.15. The minimum atomic E-state index is 0.106. The van der Waals surface area contributed by atoms with Crippen molar-refractivity contribution < 1.29 is 4.74 Å². The molecule has 1 atom stereocenters. The molecular weight excluding hydrogens is 238 g/mol. The topological polar surface area (TPSA) is 39.4 Å². The summed E-state index contributed by atoms with van der Waals surface area (Å²) in [6, 6.07) is 12.1. The van der Waals surface area contributed by atoms with E-state index < -0.39 is 0 Å². The zero-order valence-corrected chi connectivity index (χ0v) is 10.9. The molecule has 0 amide bonds. The van der Waals surface area contributed by atoms with Gasteiger partial charge in [-0.2, -0.15) is 5.10 Å². The second-order valence-electron chi connectivity index (χ2n) is 4.44. The van der Waals surface area contributed by atoms with E-state index in [1.54, 1.807) is 13.3 Å². The SMILES string of the molecule is CO[C@H](C)c1ccc(-c2cnc3cccnn23)cc1. The molecule has 0 saturated carbocycles. The van der Waals surface area contributed by atoms with Crippen molar-refractivity contribution in [3.8, 4) is 11.3 Å². The highest BCUT2D eigenvalue weighted by atomic mass is 16.5. The Hall–Kier alpha value is -2.20. The van der Waals surface area contributed by atoms with E-state index in [1.807, 2.05) is 29.8 Å². The molecule has 0 spiro atoms. The van der Waals surface area contributed by atoms with E-state index in [4.69, 9.17) is 4.74 Å². The van der Waals surface area contributed by atoms with Crippen molar-refractivity contribution in [2.45, 2.75) is 13.0 Å². The minimum absolute atomic E-state index is 0.106. The number of ether oxygens (including phenoxy) is 1. The lowest BCUT2D eigenvalue weighted by molar-refractivity contribution is 0.119. The first kappa shape index (κ1) is 11.9. The van der Waals surface area contributed by atoms with Crippen molar-refractivity contribution in [1.82, 2.24) is 14.6 Å². The number of aromatic nitrogens is 3. The van der Waals surface area contributed by atoms with Crippen LogP contribution in [0.25, 0.3) is 16.9 Å². The maximum absolute atomic E-state index is 5.31. The van der Waals surface area contributed by atoms with E-state index in [-0.39, 0.29) is 6.10 Å². The molecule has 0 saturated heterocycles. The fourth-order valence-corrected chi connectivity index (χ4v) is 2.09. The zero-order chi connectivity index (χ0) is 13.2. The lowest BCUT2D eigenvalue weighted by Gasteiger charge is -2.10. The largest absolute Gasteiger partial charge is 0.377 e. The normalized spacial score (nSPS) is 12.7. The van der Waals surface area contributed by atoms with Gasteiger partial charge in [0.25, 0.3) is 0 Å². The molecule has 0 N–H and O–H groups in total. The first-order valence-corrected chi connectivity index (χ1v) is 6.21. The molecule has 0 aliphatic heterocycles. The number of methoxy groups -OCH3 is 1. The number of hydrogen-bond donors (Lipinski definition) is 0. The number of rotatable bonds is 3. The van der Waals surface area contributed by atoms with Crippen molar-refractivity contribution in [3.05, 3.63) is 54.4 Å². The summed E-state index contributed by atoms with van der Waals surface area (Å²) >= 11 is 0.